The molecule has 0 radical (unpaired) electrons. The van der Waals surface area contributed by atoms with E-state index >= 15 is 0 Å². The molecule has 4 nitrogen and oxygen atoms in total. The third-order valence-corrected chi connectivity index (χ3v) is 2.73. The molecule has 0 saturated heterocycles. The van der Waals surface area contributed by atoms with E-state index in [1.54, 1.807) is 30.6 Å². The van der Waals surface area contributed by atoms with Gasteiger partial charge >= 0.3 is 0 Å². The summed E-state index contributed by atoms with van der Waals surface area (Å²) in [5.74, 6) is 0.181. The van der Waals surface area contributed by atoms with Gasteiger partial charge in [-0.3, -0.25) is 0 Å². The maximum Gasteiger partial charge on any atom is 0.228 e. The third kappa shape index (κ3) is 3.96. The quantitative estimate of drug-likeness (QED) is 0.844. The van der Waals surface area contributed by atoms with Crippen LogP contribution in [0.4, 0.5) is 10.3 Å². The molecule has 19 heavy (non-hydrogen) atoms. The molecule has 0 amide bonds. The van der Waals surface area contributed by atoms with Gasteiger partial charge in [-0.05, 0) is 42.9 Å². The van der Waals surface area contributed by atoms with E-state index in [1.807, 2.05) is 6.92 Å². The van der Waals surface area contributed by atoms with Crippen molar-refractivity contribution < 1.29 is 4.39 Å². The summed E-state index contributed by atoms with van der Waals surface area (Å²) in [6.45, 7) is 1.94. The molecule has 0 aliphatic heterocycles. The first kappa shape index (κ1) is 13.4. The fourth-order valence-corrected chi connectivity index (χ4v) is 1.80. The highest BCUT2D eigenvalue weighted by atomic mass is 32.1. The van der Waals surface area contributed by atoms with Crippen LogP contribution in [0.5, 0.6) is 0 Å². The zero-order valence-electron chi connectivity index (χ0n) is 10.3. The standard InChI is InChI=1S/C13H13FN4S/c1-9(10-3-5-11(14)6-4-10)17-13(19)18-12-15-7-2-8-16-12/h2-9H,1H3,(H2,15,16,17,18,19)/t9-/m1/s1. The van der Waals surface area contributed by atoms with Crippen LogP contribution >= 0.6 is 12.2 Å². The van der Waals surface area contributed by atoms with Crippen molar-refractivity contribution in [2.75, 3.05) is 5.32 Å². The number of hydrogen-bond donors (Lipinski definition) is 2. The van der Waals surface area contributed by atoms with E-state index in [-0.39, 0.29) is 11.9 Å². The average Bonchev–Trinajstić information content (AvgIpc) is 2.40. The molecule has 98 valence electrons. The van der Waals surface area contributed by atoms with Gasteiger partial charge in [0.15, 0.2) is 5.11 Å². The topological polar surface area (TPSA) is 49.8 Å². The minimum atomic E-state index is -0.255. The van der Waals surface area contributed by atoms with E-state index in [2.05, 4.69) is 20.6 Å². The van der Waals surface area contributed by atoms with Crippen LogP contribution in [0.2, 0.25) is 0 Å². The number of aromatic nitrogens is 2. The first-order valence-electron chi connectivity index (χ1n) is 5.75. The third-order valence-electron chi connectivity index (χ3n) is 2.51. The number of benzene rings is 1. The minimum absolute atomic E-state index is 0.0377. The zero-order valence-corrected chi connectivity index (χ0v) is 11.1. The highest BCUT2D eigenvalue weighted by molar-refractivity contribution is 7.80. The molecule has 0 fully saturated rings. The molecule has 1 aromatic heterocycles. The predicted octanol–water partition coefficient (Wildman–Crippen LogP) is 2.66. The fraction of sp³-hybridized carbons (Fsp3) is 0.154. The zero-order chi connectivity index (χ0) is 13.7. The molecule has 0 saturated carbocycles. The maximum absolute atomic E-state index is 12.8. The molecule has 1 aromatic carbocycles. The van der Waals surface area contributed by atoms with Crippen molar-refractivity contribution >= 4 is 23.3 Å². The average molecular weight is 276 g/mol. The molecule has 2 aromatic rings. The molecule has 2 rings (SSSR count). The lowest BCUT2D eigenvalue weighted by Gasteiger charge is -2.16. The Bertz CT molecular complexity index is 544. The molecule has 0 aliphatic rings. The summed E-state index contributed by atoms with van der Waals surface area (Å²) in [6, 6.07) is 7.96. The summed E-state index contributed by atoms with van der Waals surface area (Å²) >= 11 is 5.16. The van der Waals surface area contributed by atoms with Crippen molar-refractivity contribution in [3.63, 3.8) is 0 Å². The van der Waals surface area contributed by atoms with Crippen LogP contribution in [0.15, 0.2) is 42.7 Å². The molecule has 1 heterocycles. The summed E-state index contributed by atoms with van der Waals surface area (Å²) in [7, 11) is 0. The summed E-state index contributed by atoms with van der Waals surface area (Å²) in [6.07, 6.45) is 3.25. The number of hydrogen-bond acceptors (Lipinski definition) is 3. The van der Waals surface area contributed by atoms with Gasteiger partial charge in [0.05, 0.1) is 6.04 Å². The van der Waals surface area contributed by atoms with E-state index in [1.165, 1.54) is 12.1 Å². The number of nitrogens with zero attached hydrogens (tertiary/aromatic N) is 2. The molecule has 0 bridgehead atoms. The van der Waals surface area contributed by atoms with Gasteiger partial charge in [0.25, 0.3) is 0 Å². The van der Waals surface area contributed by atoms with Crippen LogP contribution in [-0.2, 0) is 0 Å². The van der Waals surface area contributed by atoms with Gasteiger partial charge in [0, 0.05) is 12.4 Å². The van der Waals surface area contributed by atoms with Crippen LogP contribution in [-0.4, -0.2) is 15.1 Å². The Labute approximate surface area is 116 Å². The summed E-state index contributed by atoms with van der Waals surface area (Å²) < 4.78 is 12.8. The molecular weight excluding hydrogens is 263 g/mol. The highest BCUT2D eigenvalue weighted by Gasteiger charge is 2.07. The Morgan fingerprint density at radius 3 is 2.47 bits per heavy atom. The number of thiocarbonyl (C=S) groups is 1. The molecule has 0 spiro atoms. The Morgan fingerprint density at radius 1 is 1.21 bits per heavy atom. The Balaban J connectivity index is 1.93. The van der Waals surface area contributed by atoms with Crippen LogP contribution in [0.25, 0.3) is 0 Å². The van der Waals surface area contributed by atoms with Crippen LogP contribution in [0.3, 0.4) is 0 Å². The molecule has 0 aliphatic carbocycles. The van der Waals surface area contributed by atoms with Gasteiger partial charge in [-0.2, -0.15) is 0 Å². The van der Waals surface area contributed by atoms with Crippen molar-refractivity contribution in [3.05, 3.63) is 54.1 Å². The van der Waals surface area contributed by atoms with Crippen molar-refractivity contribution in [1.29, 1.82) is 0 Å². The minimum Gasteiger partial charge on any atom is -0.356 e. The normalized spacial score (nSPS) is 11.7. The Hall–Kier alpha value is -2.08. The number of nitrogens with one attached hydrogen (secondary N) is 2. The number of anilines is 1. The fourth-order valence-electron chi connectivity index (χ4n) is 1.53. The summed E-state index contributed by atoms with van der Waals surface area (Å²) in [5.41, 5.74) is 0.944. The molecule has 2 N–H and O–H groups in total. The lowest BCUT2D eigenvalue weighted by Crippen LogP contribution is -2.31. The van der Waals surface area contributed by atoms with E-state index in [0.29, 0.717) is 11.1 Å². The van der Waals surface area contributed by atoms with Crippen LogP contribution < -0.4 is 10.6 Å². The summed E-state index contributed by atoms with van der Waals surface area (Å²) in [4.78, 5) is 8.02. The molecule has 0 unspecified atom stereocenters. The number of halogens is 1. The van der Waals surface area contributed by atoms with E-state index < -0.39 is 0 Å². The lowest BCUT2D eigenvalue weighted by molar-refractivity contribution is 0.624. The van der Waals surface area contributed by atoms with Gasteiger partial charge in [-0.1, -0.05) is 12.1 Å². The van der Waals surface area contributed by atoms with E-state index in [4.69, 9.17) is 12.2 Å². The molecular formula is C13H13FN4S. The van der Waals surface area contributed by atoms with E-state index in [9.17, 15) is 4.39 Å². The largest absolute Gasteiger partial charge is 0.356 e. The molecule has 1 atom stereocenters. The Kier molecular flexibility index (Phi) is 4.35. The van der Waals surface area contributed by atoms with Gasteiger partial charge in [-0.15, -0.1) is 0 Å². The van der Waals surface area contributed by atoms with Crippen molar-refractivity contribution in [1.82, 2.24) is 15.3 Å². The van der Waals surface area contributed by atoms with Gasteiger partial charge in [0.1, 0.15) is 5.82 Å². The molecule has 6 heteroatoms. The van der Waals surface area contributed by atoms with Gasteiger partial charge < -0.3 is 10.6 Å². The predicted molar refractivity (Wildman–Crippen MR) is 76.2 cm³/mol. The first-order chi connectivity index (χ1) is 9.15. The summed E-state index contributed by atoms with van der Waals surface area (Å²) in [5, 5.41) is 6.38. The lowest BCUT2D eigenvalue weighted by atomic mass is 10.1. The Morgan fingerprint density at radius 2 is 1.84 bits per heavy atom. The van der Waals surface area contributed by atoms with Crippen molar-refractivity contribution in [2.45, 2.75) is 13.0 Å². The monoisotopic (exact) mass is 276 g/mol. The van der Waals surface area contributed by atoms with Crippen LogP contribution in [0.1, 0.15) is 18.5 Å². The van der Waals surface area contributed by atoms with E-state index in [0.717, 1.165) is 5.56 Å². The number of rotatable bonds is 3. The maximum atomic E-state index is 12.8. The first-order valence-corrected chi connectivity index (χ1v) is 6.16. The van der Waals surface area contributed by atoms with Crippen molar-refractivity contribution in [3.8, 4) is 0 Å². The van der Waals surface area contributed by atoms with Gasteiger partial charge in [-0.25, -0.2) is 14.4 Å². The smallest absolute Gasteiger partial charge is 0.228 e. The van der Waals surface area contributed by atoms with Crippen molar-refractivity contribution in [2.24, 2.45) is 0 Å². The highest BCUT2D eigenvalue weighted by Crippen LogP contribution is 2.12. The SMILES string of the molecule is C[C@@H](NC(=S)Nc1ncccn1)c1ccc(F)cc1. The van der Waals surface area contributed by atoms with Gasteiger partial charge in [0.2, 0.25) is 5.95 Å². The second-order valence-electron chi connectivity index (χ2n) is 3.94. The second-order valence-corrected chi connectivity index (χ2v) is 4.35. The second kappa shape index (κ2) is 6.19. The van der Waals surface area contributed by atoms with Crippen LogP contribution in [0, 0.1) is 5.82 Å².